The fraction of sp³-hybridized carbons (Fsp3) is 0.448. The van der Waals surface area contributed by atoms with Gasteiger partial charge < -0.3 is 20.2 Å². The molecule has 2 fully saturated rings. The van der Waals surface area contributed by atoms with Gasteiger partial charge in [0.25, 0.3) is 11.8 Å². The molecule has 11 nitrogen and oxygen atoms in total. The first-order chi connectivity index (χ1) is 20.7. The number of sulfonamides is 1. The summed E-state index contributed by atoms with van der Waals surface area (Å²) in [6, 6.07) is 9.60. The third kappa shape index (κ3) is 6.43. The second-order valence-electron chi connectivity index (χ2n) is 11.2. The third-order valence-corrected chi connectivity index (χ3v) is 10.3. The number of alkyl halides is 3. The molecule has 2 aromatic rings. The van der Waals surface area contributed by atoms with Gasteiger partial charge >= 0.3 is 12.3 Å². The Balaban J connectivity index is 1.18. The van der Waals surface area contributed by atoms with Gasteiger partial charge in [0.15, 0.2) is 0 Å². The Kier molecular flexibility index (Phi) is 8.46. The van der Waals surface area contributed by atoms with Crippen molar-refractivity contribution in [3.05, 3.63) is 70.3 Å². The minimum absolute atomic E-state index is 0.0384. The molecule has 2 saturated heterocycles. The van der Waals surface area contributed by atoms with Crippen molar-refractivity contribution in [2.45, 2.75) is 37.9 Å². The van der Waals surface area contributed by atoms with E-state index in [4.69, 9.17) is 5.11 Å². The van der Waals surface area contributed by atoms with Crippen LogP contribution in [-0.2, 0) is 27.4 Å². The van der Waals surface area contributed by atoms with E-state index in [-0.39, 0.29) is 68.5 Å². The second-order valence-corrected chi connectivity index (χ2v) is 13.3. The van der Waals surface area contributed by atoms with E-state index in [0.717, 1.165) is 23.3 Å². The highest BCUT2D eigenvalue weighted by Gasteiger charge is 2.47. The number of aryl methyl sites for hydroxylation is 2. The van der Waals surface area contributed by atoms with Crippen LogP contribution in [0.15, 0.2) is 47.5 Å². The van der Waals surface area contributed by atoms with Crippen LogP contribution in [0.4, 0.5) is 18.0 Å². The smallest absolute Gasteiger partial charge is 0.416 e. The summed E-state index contributed by atoms with van der Waals surface area (Å²) < 4.78 is 67.2. The quantitative estimate of drug-likeness (QED) is 0.501. The average molecular weight is 636 g/mol. The molecule has 1 spiro atoms. The first-order valence-corrected chi connectivity index (χ1v) is 15.7. The number of carbonyl (C=O) groups excluding carboxylic acids is 2. The molecule has 2 aromatic carbocycles. The van der Waals surface area contributed by atoms with E-state index < -0.39 is 39.3 Å². The zero-order chi connectivity index (χ0) is 31.9. The Labute approximate surface area is 252 Å². The molecule has 0 bridgehead atoms. The van der Waals surface area contributed by atoms with Gasteiger partial charge in [-0.15, -0.1) is 0 Å². The molecule has 0 aromatic heterocycles. The molecule has 44 heavy (non-hydrogen) atoms. The maximum atomic E-state index is 13.2. The van der Waals surface area contributed by atoms with Gasteiger partial charge in [0.1, 0.15) is 11.4 Å². The van der Waals surface area contributed by atoms with Crippen molar-refractivity contribution in [1.29, 1.82) is 0 Å². The van der Waals surface area contributed by atoms with E-state index in [9.17, 15) is 36.0 Å². The molecule has 15 heteroatoms. The summed E-state index contributed by atoms with van der Waals surface area (Å²) in [6.45, 7) is 2.93. The summed E-state index contributed by atoms with van der Waals surface area (Å²) >= 11 is 0. The molecule has 5 rings (SSSR count). The van der Waals surface area contributed by atoms with Crippen LogP contribution in [0.2, 0.25) is 0 Å². The van der Waals surface area contributed by atoms with E-state index >= 15 is 0 Å². The number of aliphatic imine (C=N–C) groups is 1. The molecule has 3 aliphatic heterocycles. The molecular formula is C29H32F3N5O6S. The molecule has 3 amide bonds. The minimum Gasteiger partial charge on any atom is -0.465 e. The van der Waals surface area contributed by atoms with Gasteiger partial charge in [-0.05, 0) is 61.6 Å². The number of nitrogens with zero attached hydrogens (tertiary/aromatic N) is 4. The number of nitrogens with one attached hydrogen (secondary N) is 1. The second kappa shape index (κ2) is 11.8. The van der Waals surface area contributed by atoms with Gasteiger partial charge in [0.05, 0.1) is 11.3 Å². The Hall–Kier alpha value is -3.98. The summed E-state index contributed by atoms with van der Waals surface area (Å²) in [6.07, 6.45) is -5.17. The lowest BCUT2D eigenvalue weighted by Gasteiger charge is -2.34. The topological polar surface area (TPSA) is 140 Å². The maximum Gasteiger partial charge on any atom is 0.416 e. The van der Waals surface area contributed by atoms with Crippen molar-refractivity contribution in [3.63, 3.8) is 0 Å². The number of amides is 3. The fourth-order valence-electron chi connectivity index (χ4n) is 5.73. The van der Waals surface area contributed by atoms with Crippen LogP contribution < -0.4 is 5.32 Å². The number of hydrogen-bond donors (Lipinski definition) is 2. The first-order valence-electron chi connectivity index (χ1n) is 14.1. The SMILES string of the molecule is Cc1cc(C(=O)N2CCN(C(=O)O)CC2)ccc1CCS(=O)(=O)N1CCC2(CC1)N=C(c1cccc(C(F)(F)F)c1)NC2=O. The Morgan fingerprint density at radius 3 is 2.27 bits per heavy atom. The minimum atomic E-state index is -4.55. The normalized spacial score (nSPS) is 19.2. The van der Waals surface area contributed by atoms with Crippen LogP contribution in [0.25, 0.3) is 0 Å². The van der Waals surface area contributed by atoms with Gasteiger partial charge in [-0.1, -0.05) is 18.2 Å². The van der Waals surface area contributed by atoms with Crippen LogP contribution in [0, 0.1) is 6.92 Å². The predicted octanol–water partition coefficient (Wildman–Crippen LogP) is 2.73. The standard InChI is InChI=1S/C29H32F3N5O6S/c1-19-17-22(25(38)35-12-14-36(15-13-35)27(40)41)6-5-20(19)7-16-44(42,43)37-10-8-28(9-11-37)26(39)33-24(34-28)21-3-2-4-23(18-21)29(30,31)32/h2-6,17-18H,7-16H2,1H3,(H,40,41)(H,33,34,39). The molecular weight excluding hydrogens is 603 g/mol. The molecule has 0 saturated carbocycles. The molecule has 0 radical (unpaired) electrons. The number of halogens is 3. The van der Waals surface area contributed by atoms with Gasteiger partial charge in [0.2, 0.25) is 10.0 Å². The van der Waals surface area contributed by atoms with Crippen LogP contribution >= 0.6 is 0 Å². The lowest BCUT2D eigenvalue weighted by molar-refractivity contribution is -0.137. The number of hydrogen-bond acceptors (Lipinski definition) is 6. The Bertz CT molecular complexity index is 1610. The van der Waals surface area contributed by atoms with E-state index in [2.05, 4.69) is 10.3 Å². The van der Waals surface area contributed by atoms with E-state index in [1.165, 1.54) is 21.3 Å². The monoisotopic (exact) mass is 635 g/mol. The van der Waals surface area contributed by atoms with Crippen molar-refractivity contribution >= 4 is 33.8 Å². The molecule has 0 unspecified atom stereocenters. The Morgan fingerprint density at radius 2 is 1.66 bits per heavy atom. The zero-order valence-electron chi connectivity index (χ0n) is 23.9. The number of rotatable bonds is 6. The highest BCUT2D eigenvalue weighted by Crippen LogP contribution is 2.34. The molecule has 0 aliphatic carbocycles. The largest absolute Gasteiger partial charge is 0.465 e. The van der Waals surface area contributed by atoms with Gasteiger partial charge in [-0.3, -0.25) is 14.6 Å². The maximum absolute atomic E-state index is 13.2. The van der Waals surface area contributed by atoms with Crippen molar-refractivity contribution in [1.82, 2.24) is 19.4 Å². The summed E-state index contributed by atoms with van der Waals surface area (Å²) in [4.78, 5) is 44.2. The van der Waals surface area contributed by atoms with Crippen molar-refractivity contribution in [2.24, 2.45) is 4.99 Å². The summed E-state index contributed by atoms with van der Waals surface area (Å²) in [7, 11) is -3.71. The number of carboxylic acid groups (broad SMARTS) is 1. The summed E-state index contributed by atoms with van der Waals surface area (Å²) in [5.74, 6) is -0.821. The highest BCUT2D eigenvalue weighted by atomic mass is 32.2. The molecule has 236 valence electrons. The number of piperazine rings is 1. The van der Waals surface area contributed by atoms with Crippen LogP contribution in [0.3, 0.4) is 0 Å². The van der Waals surface area contributed by atoms with Gasteiger partial charge in [-0.2, -0.15) is 13.2 Å². The molecule has 3 heterocycles. The van der Waals surface area contributed by atoms with E-state index in [0.29, 0.717) is 18.7 Å². The van der Waals surface area contributed by atoms with E-state index in [1.807, 2.05) is 0 Å². The van der Waals surface area contributed by atoms with Crippen LogP contribution in [-0.4, -0.2) is 102 Å². The van der Waals surface area contributed by atoms with Crippen molar-refractivity contribution < 1.29 is 41.1 Å². The van der Waals surface area contributed by atoms with Crippen molar-refractivity contribution in [2.75, 3.05) is 45.0 Å². The molecule has 2 N–H and O–H groups in total. The lowest BCUT2D eigenvalue weighted by Crippen LogP contribution is -2.50. The first kappa shape index (κ1) is 31.4. The number of carbonyl (C=O) groups is 3. The highest BCUT2D eigenvalue weighted by molar-refractivity contribution is 7.89. The number of piperidine rings is 1. The predicted molar refractivity (Wildman–Crippen MR) is 154 cm³/mol. The third-order valence-electron chi connectivity index (χ3n) is 8.44. The molecule has 0 atom stereocenters. The zero-order valence-corrected chi connectivity index (χ0v) is 24.7. The Morgan fingerprint density at radius 1 is 1.00 bits per heavy atom. The molecule has 3 aliphatic rings. The lowest BCUT2D eigenvalue weighted by atomic mass is 9.89. The number of benzene rings is 2. The van der Waals surface area contributed by atoms with Crippen LogP contribution in [0.1, 0.15) is 45.5 Å². The van der Waals surface area contributed by atoms with E-state index in [1.54, 1.807) is 30.0 Å². The average Bonchev–Trinajstić information content (AvgIpc) is 3.31. The fourth-order valence-corrected chi connectivity index (χ4v) is 7.21. The van der Waals surface area contributed by atoms with Gasteiger partial charge in [-0.25, -0.2) is 17.5 Å². The summed E-state index contributed by atoms with van der Waals surface area (Å²) in [5, 5.41) is 11.7. The number of amidine groups is 1. The summed E-state index contributed by atoms with van der Waals surface area (Å²) in [5.41, 5.74) is -0.00876. The van der Waals surface area contributed by atoms with Gasteiger partial charge in [0, 0.05) is 50.4 Å². The van der Waals surface area contributed by atoms with Crippen molar-refractivity contribution in [3.8, 4) is 0 Å². The van der Waals surface area contributed by atoms with Crippen LogP contribution in [0.5, 0.6) is 0 Å².